The summed E-state index contributed by atoms with van der Waals surface area (Å²) >= 11 is 0. The Hall–Kier alpha value is -1.10. The third kappa shape index (κ3) is 2.87. The molecule has 0 aliphatic rings. The molecule has 0 saturated carbocycles. The normalized spacial score (nSPS) is 11.6. The lowest BCUT2D eigenvalue weighted by Gasteiger charge is -2.14. The number of phenolic OH excluding ortho intramolecular Hbond substituents is 1. The van der Waals surface area contributed by atoms with Gasteiger partial charge in [-0.15, -0.1) is 0 Å². The van der Waals surface area contributed by atoms with Gasteiger partial charge in [-0.05, 0) is 17.7 Å². The second-order valence-corrected chi connectivity index (χ2v) is 2.73. The minimum atomic E-state index is -2.21. The molecular formula is C8H11NO3. The zero-order valence-corrected chi connectivity index (χ0v) is 6.44. The largest absolute Gasteiger partial charge is 0.508 e. The Labute approximate surface area is 69.9 Å². The first-order valence-electron chi connectivity index (χ1n) is 3.49. The average molecular weight is 169 g/mol. The monoisotopic (exact) mass is 169 g/mol. The lowest BCUT2D eigenvalue weighted by Crippen LogP contribution is -2.41. The number of phenols is 1. The van der Waals surface area contributed by atoms with Crippen molar-refractivity contribution in [2.75, 3.05) is 0 Å². The number of benzene rings is 1. The average Bonchev–Trinajstić information content (AvgIpc) is 1.82. The molecule has 1 aromatic carbocycles. The van der Waals surface area contributed by atoms with Gasteiger partial charge in [0.1, 0.15) is 5.75 Å². The Bertz CT molecular complexity index is 267. The van der Waals surface area contributed by atoms with Gasteiger partial charge in [-0.1, -0.05) is 12.1 Å². The van der Waals surface area contributed by atoms with Gasteiger partial charge in [0, 0.05) is 6.42 Å². The Morgan fingerprint density at radius 1 is 1.33 bits per heavy atom. The molecule has 0 bridgehead atoms. The lowest BCUT2D eigenvalue weighted by atomic mass is 10.1. The van der Waals surface area contributed by atoms with Crippen LogP contribution in [0, 0.1) is 0 Å². The van der Waals surface area contributed by atoms with Crippen molar-refractivity contribution in [2.24, 2.45) is 5.73 Å². The number of aliphatic hydroxyl groups is 2. The van der Waals surface area contributed by atoms with Crippen LogP contribution in [0.25, 0.3) is 0 Å². The van der Waals surface area contributed by atoms with Crippen molar-refractivity contribution in [3.8, 4) is 5.75 Å². The molecule has 12 heavy (non-hydrogen) atoms. The minimum Gasteiger partial charge on any atom is -0.508 e. The predicted molar refractivity (Wildman–Crippen MR) is 43.2 cm³/mol. The SMILES string of the molecule is NC(O)(O)Cc1cccc(O)c1. The molecule has 1 rings (SSSR count). The highest BCUT2D eigenvalue weighted by Crippen LogP contribution is 2.13. The molecule has 0 atom stereocenters. The van der Waals surface area contributed by atoms with Crippen LogP contribution >= 0.6 is 0 Å². The third-order valence-electron chi connectivity index (χ3n) is 1.37. The molecule has 0 amide bonds. The van der Waals surface area contributed by atoms with Crippen LogP contribution in [0.1, 0.15) is 5.56 Å². The molecular weight excluding hydrogens is 158 g/mol. The van der Waals surface area contributed by atoms with Crippen molar-refractivity contribution in [3.05, 3.63) is 29.8 Å². The van der Waals surface area contributed by atoms with Crippen LogP contribution in [-0.4, -0.2) is 21.2 Å². The van der Waals surface area contributed by atoms with Crippen LogP contribution in [0.2, 0.25) is 0 Å². The zero-order chi connectivity index (χ0) is 9.19. The fraction of sp³-hybridized carbons (Fsp3) is 0.250. The van der Waals surface area contributed by atoms with E-state index >= 15 is 0 Å². The zero-order valence-electron chi connectivity index (χ0n) is 6.44. The maximum absolute atomic E-state index is 9.01. The molecule has 0 fully saturated rings. The van der Waals surface area contributed by atoms with Gasteiger partial charge in [0.05, 0.1) is 0 Å². The summed E-state index contributed by atoms with van der Waals surface area (Å²) in [6, 6.07) is 6.18. The lowest BCUT2D eigenvalue weighted by molar-refractivity contribution is -0.153. The molecule has 66 valence electrons. The van der Waals surface area contributed by atoms with Crippen molar-refractivity contribution >= 4 is 0 Å². The fourth-order valence-corrected chi connectivity index (χ4v) is 0.967. The van der Waals surface area contributed by atoms with E-state index in [4.69, 9.17) is 21.1 Å². The first-order chi connectivity index (χ1) is 5.47. The molecule has 0 heterocycles. The fourth-order valence-electron chi connectivity index (χ4n) is 0.967. The highest BCUT2D eigenvalue weighted by Gasteiger charge is 2.16. The van der Waals surface area contributed by atoms with Gasteiger partial charge in [0.15, 0.2) is 0 Å². The molecule has 5 N–H and O–H groups in total. The van der Waals surface area contributed by atoms with Gasteiger partial charge in [-0.3, -0.25) is 5.73 Å². The van der Waals surface area contributed by atoms with E-state index in [0.29, 0.717) is 5.56 Å². The van der Waals surface area contributed by atoms with Crippen molar-refractivity contribution in [2.45, 2.75) is 12.3 Å². The van der Waals surface area contributed by atoms with Crippen molar-refractivity contribution in [3.63, 3.8) is 0 Å². The van der Waals surface area contributed by atoms with Crippen molar-refractivity contribution in [1.29, 1.82) is 0 Å². The number of rotatable bonds is 2. The maximum Gasteiger partial charge on any atom is 0.223 e. The van der Waals surface area contributed by atoms with E-state index in [9.17, 15) is 0 Å². The van der Waals surface area contributed by atoms with Gasteiger partial charge in [0.2, 0.25) is 5.91 Å². The summed E-state index contributed by atoms with van der Waals surface area (Å²) < 4.78 is 0. The van der Waals surface area contributed by atoms with E-state index in [0.717, 1.165) is 0 Å². The van der Waals surface area contributed by atoms with E-state index in [1.807, 2.05) is 0 Å². The van der Waals surface area contributed by atoms with Gasteiger partial charge in [-0.25, -0.2) is 0 Å². The summed E-state index contributed by atoms with van der Waals surface area (Å²) in [6.07, 6.45) is -0.110. The Morgan fingerprint density at radius 3 is 2.50 bits per heavy atom. The van der Waals surface area contributed by atoms with Crippen LogP contribution in [0.3, 0.4) is 0 Å². The van der Waals surface area contributed by atoms with E-state index in [1.54, 1.807) is 12.1 Å². The summed E-state index contributed by atoms with van der Waals surface area (Å²) in [5, 5.41) is 26.6. The first-order valence-corrected chi connectivity index (χ1v) is 3.49. The van der Waals surface area contributed by atoms with Gasteiger partial charge in [0.25, 0.3) is 0 Å². The second kappa shape index (κ2) is 3.10. The maximum atomic E-state index is 9.01. The van der Waals surface area contributed by atoms with E-state index in [1.165, 1.54) is 12.1 Å². The predicted octanol–water partition coefficient (Wildman–Crippen LogP) is -0.468. The second-order valence-electron chi connectivity index (χ2n) is 2.73. The Morgan fingerprint density at radius 2 is 2.00 bits per heavy atom. The summed E-state index contributed by atoms with van der Waals surface area (Å²) in [4.78, 5) is 0. The number of nitrogens with two attached hydrogens (primary N) is 1. The van der Waals surface area contributed by atoms with E-state index in [2.05, 4.69) is 0 Å². The molecule has 0 spiro atoms. The minimum absolute atomic E-state index is 0.0803. The summed E-state index contributed by atoms with van der Waals surface area (Å²) in [5.74, 6) is -2.13. The van der Waals surface area contributed by atoms with Crippen LogP contribution in [0.15, 0.2) is 24.3 Å². The van der Waals surface area contributed by atoms with Gasteiger partial charge < -0.3 is 15.3 Å². The highest BCUT2D eigenvalue weighted by atomic mass is 16.5. The Balaban J connectivity index is 2.77. The van der Waals surface area contributed by atoms with Crippen molar-refractivity contribution in [1.82, 2.24) is 0 Å². The van der Waals surface area contributed by atoms with Crippen LogP contribution in [-0.2, 0) is 6.42 Å². The van der Waals surface area contributed by atoms with Crippen LogP contribution < -0.4 is 5.73 Å². The number of hydrogen-bond donors (Lipinski definition) is 4. The number of aromatic hydroxyl groups is 1. The molecule has 4 heteroatoms. The molecule has 4 nitrogen and oxygen atoms in total. The van der Waals surface area contributed by atoms with Gasteiger partial charge in [-0.2, -0.15) is 0 Å². The third-order valence-corrected chi connectivity index (χ3v) is 1.37. The number of hydrogen-bond acceptors (Lipinski definition) is 4. The molecule has 0 radical (unpaired) electrons. The first kappa shape index (κ1) is 8.99. The van der Waals surface area contributed by atoms with Crippen LogP contribution in [0.5, 0.6) is 5.75 Å². The standard InChI is InChI=1S/C8H11NO3/c9-8(11,12)5-6-2-1-3-7(10)4-6/h1-4,10-12H,5,9H2. The summed E-state index contributed by atoms with van der Waals surface area (Å²) in [7, 11) is 0. The van der Waals surface area contributed by atoms with Crippen LogP contribution in [0.4, 0.5) is 0 Å². The molecule has 1 aromatic rings. The molecule has 0 aliphatic heterocycles. The van der Waals surface area contributed by atoms with Crippen molar-refractivity contribution < 1.29 is 15.3 Å². The smallest absolute Gasteiger partial charge is 0.223 e. The molecule has 0 saturated heterocycles. The summed E-state index contributed by atoms with van der Waals surface area (Å²) in [6.45, 7) is 0. The van der Waals surface area contributed by atoms with Gasteiger partial charge >= 0.3 is 0 Å². The summed E-state index contributed by atoms with van der Waals surface area (Å²) in [5.41, 5.74) is 5.52. The molecule has 0 aliphatic carbocycles. The molecule has 0 unspecified atom stereocenters. The molecule has 0 aromatic heterocycles. The van der Waals surface area contributed by atoms with E-state index in [-0.39, 0.29) is 12.2 Å². The topological polar surface area (TPSA) is 86.7 Å². The Kier molecular flexibility index (Phi) is 2.32. The quantitative estimate of drug-likeness (QED) is 0.451. The van der Waals surface area contributed by atoms with E-state index < -0.39 is 5.91 Å². The highest BCUT2D eigenvalue weighted by molar-refractivity contribution is 5.27.